The highest BCUT2D eigenvalue weighted by Gasteiger charge is 2.35. The Hall–Kier alpha value is -2.34. The number of rotatable bonds is 6. The average Bonchev–Trinajstić information content (AvgIpc) is 2.68. The van der Waals surface area contributed by atoms with Gasteiger partial charge in [-0.15, -0.1) is 0 Å². The number of nitrogens with zero attached hydrogens (tertiary/aromatic N) is 2. The Morgan fingerprint density at radius 1 is 0.704 bits per heavy atom. The lowest BCUT2D eigenvalue weighted by molar-refractivity contribution is 0.103. The van der Waals surface area contributed by atoms with E-state index in [1.54, 1.807) is 24.3 Å². The number of hydrogen-bond acceptors (Lipinski definition) is 5. The largest absolute Gasteiger partial charge is 0.372 e. The molecule has 0 N–H and O–H groups in total. The van der Waals surface area contributed by atoms with Gasteiger partial charge in [-0.25, -0.2) is 8.42 Å². The van der Waals surface area contributed by atoms with E-state index in [0.29, 0.717) is 0 Å². The van der Waals surface area contributed by atoms with Crippen molar-refractivity contribution in [1.29, 1.82) is 0 Å². The summed E-state index contributed by atoms with van der Waals surface area (Å²) in [5.74, 6) is -0.230. The summed E-state index contributed by atoms with van der Waals surface area (Å²) in [6.07, 6.45) is 0. The molecule has 2 aromatic carbocycles. The van der Waals surface area contributed by atoms with Crippen molar-refractivity contribution in [2.45, 2.75) is 37.5 Å². The second-order valence-electron chi connectivity index (χ2n) is 6.54. The van der Waals surface area contributed by atoms with E-state index in [1.807, 2.05) is 39.8 Å². The van der Waals surface area contributed by atoms with Crippen molar-refractivity contribution in [3.05, 3.63) is 47.5 Å². The Morgan fingerprint density at radius 3 is 1.41 bits per heavy atom. The van der Waals surface area contributed by atoms with Crippen molar-refractivity contribution in [2.75, 3.05) is 36.0 Å². The highest BCUT2D eigenvalue weighted by Crippen LogP contribution is 2.38. The molecular formula is C21H26N2O3S. The van der Waals surface area contributed by atoms with E-state index in [4.69, 9.17) is 0 Å². The maximum Gasteiger partial charge on any atom is 0.208 e. The molecule has 27 heavy (non-hydrogen) atoms. The van der Waals surface area contributed by atoms with Gasteiger partial charge in [0.1, 0.15) is 0 Å². The number of sulfone groups is 1. The van der Waals surface area contributed by atoms with Gasteiger partial charge >= 0.3 is 0 Å². The number of hydrogen-bond donors (Lipinski definition) is 0. The van der Waals surface area contributed by atoms with Gasteiger partial charge in [0.15, 0.2) is 5.78 Å². The van der Waals surface area contributed by atoms with Gasteiger partial charge in [0.2, 0.25) is 9.84 Å². The first-order valence-electron chi connectivity index (χ1n) is 9.46. The predicted molar refractivity (Wildman–Crippen MR) is 109 cm³/mol. The lowest BCUT2D eigenvalue weighted by atomic mass is 10.0. The number of fused-ring (bicyclic) bond motifs is 2. The Labute approximate surface area is 161 Å². The van der Waals surface area contributed by atoms with Crippen molar-refractivity contribution >= 4 is 27.0 Å². The summed E-state index contributed by atoms with van der Waals surface area (Å²) < 4.78 is 26.7. The summed E-state index contributed by atoms with van der Waals surface area (Å²) in [5.41, 5.74) is 2.15. The molecular weight excluding hydrogens is 360 g/mol. The standard InChI is InChI=1S/C21H26N2O3S/c1-5-22(6-2)15-9-11-17-19(13-15)27(25,26)20-14-16(23(7-3)8-4)10-12-18(20)21(17)24/h9-14H,5-8H2,1-4H3. The van der Waals surface area contributed by atoms with E-state index in [-0.39, 0.29) is 26.7 Å². The highest BCUT2D eigenvalue weighted by atomic mass is 32.2. The van der Waals surface area contributed by atoms with Gasteiger partial charge < -0.3 is 9.80 Å². The Bertz CT molecular complexity index is 903. The van der Waals surface area contributed by atoms with Crippen LogP contribution in [0.5, 0.6) is 0 Å². The summed E-state index contributed by atoms with van der Waals surface area (Å²) in [4.78, 5) is 17.3. The third kappa shape index (κ3) is 3.12. The first-order chi connectivity index (χ1) is 12.9. The maximum atomic E-state index is 13.4. The van der Waals surface area contributed by atoms with Crippen LogP contribution in [0.3, 0.4) is 0 Å². The molecule has 0 saturated heterocycles. The van der Waals surface area contributed by atoms with Gasteiger partial charge in [-0.1, -0.05) is 0 Å². The molecule has 0 bridgehead atoms. The first kappa shape index (κ1) is 19.4. The molecule has 0 saturated carbocycles. The summed E-state index contributed by atoms with van der Waals surface area (Å²) in [5, 5.41) is 0. The summed E-state index contributed by atoms with van der Waals surface area (Å²) >= 11 is 0. The molecule has 6 heteroatoms. The van der Waals surface area contributed by atoms with E-state index < -0.39 is 9.84 Å². The monoisotopic (exact) mass is 386 g/mol. The zero-order chi connectivity index (χ0) is 19.8. The first-order valence-corrected chi connectivity index (χ1v) is 10.9. The van der Waals surface area contributed by atoms with Crippen LogP contribution in [-0.4, -0.2) is 40.4 Å². The molecule has 1 aliphatic rings. The quantitative estimate of drug-likeness (QED) is 0.646. The fraction of sp³-hybridized carbons (Fsp3) is 0.381. The Morgan fingerprint density at radius 2 is 1.07 bits per heavy atom. The minimum atomic E-state index is -3.75. The van der Waals surface area contributed by atoms with Crippen molar-refractivity contribution < 1.29 is 13.2 Å². The van der Waals surface area contributed by atoms with Crippen molar-refractivity contribution in [2.24, 2.45) is 0 Å². The number of carbonyl (C=O) groups is 1. The van der Waals surface area contributed by atoms with Gasteiger partial charge in [0.25, 0.3) is 0 Å². The normalized spacial score (nSPS) is 14.4. The zero-order valence-corrected chi connectivity index (χ0v) is 17.1. The van der Waals surface area contributed by atoms with Crippen LogP contribution in [0.1, 0.15) is 43.6 Å². The van der Waals surface area contributed by atoms with Crippen molar-refractivity contribution in [3.8, 4) is 0 Å². The molecule has 1 heterocycles. The molecule has 5 nitrogen and oxygen atoms in total. The minimum absolute atomic E-state index is 0.112. The van der Waals surface area contributed by atoms with E-state index in [0.717, 1.165) is 37.6 Å². The fourth-order valence-corrected chi connectivity index (χ4v) is 5.37. The summed E-state index contributed by atoms with van der Waals surface area (Å²) in [6.45, 7) is 11.2. The van der Waals surface area contributed by atoms with Gasteiger partial charge in [0.05, 0.1) is 9.79 Å². The molecule has 0 radical (unpaired) electrons. The molecule has 1 aliphatic heterocycles. The molecule has 0 spiro atoms. The van der Waals surface area contributed by atoms with Crippen LogP contribution in [0.2, 0.25) is 0 Å². The fourth-order valence-electron chi connectivity index (χ4n) is 3.68. The number of anilines is 2. The molecule has 0 atom stereocenters. The number of benzene rings is 2. The summed E-state index contributed by atoms with van der Waals surface area (Å²) in [7, 11) is -3.75. The van der Waals surface area contributed by atoms with Crippen LogP contribution < -0.4 is 9.80 Å². The van der Waals surface area contributed by atoms with Crippen molar-refractivity contribution in [3.63, 3.8) is 0 Å². The van der Waals surface area contributed by atoms with Crippen LogP contribution >= 0.6 is 0 Å². The second kappa shape index (κ2) is 7.35. The minimum Gasteiger partial charge on any atom is -0.372 e. The average molecular weight is 387 g/mol. The molecule has 144 valence electrons. The third-order valence-corrected chi connectivity index (χ3v) is 7.09. The van der Waals surface area contributed by atoms with Gasteiger partial charge in [0, 0.05) is 48.7 Å². The van der Waals surface area contributed by atoms with Gasteiger partial charge in [-0.05, 0) is 64.1 Å². The van der Waals surface area contributed by atoms with Gasteiger partial charge in [-0.2, -0.15) is 0 Å². The van der Waals surface area contributed by atoms with E-state index >= 15 is 0 Å². The van der Waals surface area contributed by atoms with E-state index in [1.165, 1.54) is 0 Å². The SMILES string of the molecule is CCN(CC)c1ccc2c(c1)S(=O)(=O)c1cc(N(CC)CC)ccc1C2=O. The molecule has 0 aliphatic carbocycles. The second-order valence-corrected chi connectivity index (χ2v) is 8.42. The molecule has 0 unspecified atom stereocenters. The maximum absolute atomic E-state index is 13.4. The highest BCUT2D eigenvalue weighted by molar-refractivity contribution is 7.91. The van der Waals surface area contributed by atoms with Crippen molar-refractivity contribution in [1.82, 2.24) is 0 Å². The molecule has 0 fully saturated rings. The number of ketones is 1. The van der Waals surface area contributed by atoms with Crippen LogP contribution in [-0.2, 0) is 9.84 Å². The van der Waals surface area contributed by atoms with Crippen LogP contribution in [0.15, 0.2) is 46.2 Å². The van der Waals surface area contributed by atoms with Crippen LogP contribution in [0.4, 0.5) is 11.4 Å². The van der Waals surface area contributed by atoms with Crippen LogP contribution in [0.25, 0.3) is 0 Å². The van der Waals surface area contributed by atoms with Crippen LogP contribution in [0, 0.1) is 0 Å². The Balaban J connectivity index is 2.20. The smallest absolute Gasteiger partial charge is 0.208 e. The van der Waals surface area contributed by atoms with E-state index in [2.05, 4.69) is 9.80 Å². The number of carbonyl (C=O) groups excluding carboxylic acids is 1. The third-order valence-electron chi connectivity index (χ3n) is 5.26. The topological polar surface area (TPSA) is 57.7 Å². The van der Waals surface area contributed by atoms with Gasteiger partial charge in [-0.3, -0.25) is 4.79 Å². The lowest BCUT2D eigenvalue weighted by Crippen LogP contribution is -2.26. The van der Waals surface area contributed by atoms with E-state index in [9.17, 15) is 13.2 Å². The molecule has 2 aromatic rings. The molecule has 0 amide bonds. The lowest BCUT2D eigenvalue weighted by Gasteiger charge is -2.26. The molecule has 3 rings (SSSR count). The zero-order valence-electron chi connectivity index (χ0n) is 16.3. The molecule has 0 aromatic heterocycles. The summed E-state index contributed by atoms with van der Waals surface area (Å²) in [6, 6.07) is 10.2. The Kier molecular flexibility index (Phi) is 5.29. The predicted octanol–water partition coefficient (Wildman–Crippen LogP) is 3.76.